The molecule has 18 rings (SSSR count). The van der Waals surface area contributed by atoms with Crippen LogP contribution >= 0.6 is 0 Å². The van der Waals surface area contributed by atoms with Gasteiger partial charge in [0, 0.05) is 54.8 Å². The number of hydrogen-bond acceptors (Lipinski definition) is 4. The number of nitrogens with zero attached hydrogens (tertiary/aromatic N) is 2. The van der Waals surface area contributed by atoms with Gasteiger partial charge in [-0.05, 0) is 115 Å². The first kappa shape index (κ1) is 47.4. The maximum Gasteiger partial charge on any atom is 0.159 e. The highest BCUT2D eigenvalue weighted by molar-refractivity contribution is 6.22. The molecule has 0 unspecified atom stereocenters. The zero-order valence-corrected chi connectivity index (χ0v) is 46.1. The highest BCUT2D eigenvalue weighted by Gasteiger charge is 2.53. The zero-order valence-electron chi connectivity index (χ0n) is 46.1. The van der Waals surface area contributed by atoms with Crippen molar-refractivity contribution in [2.75, 3.05) is 9.80 Å². The van der Waals surface area contributed by atoms with Gasteiger partial charge in [0.1, 0.15) is 11.2 Å². The average molecular weight is 1080 g/mol. The van der Waals surface area contributed by atoms with E-state index in [1.54, 1.807) is 0 Å². The lowest BCUT2D eigenvalue weighted by Crippen LogP contribution is -2.26. The Hall–Kier alpha value is -11.2. The van der Waals surface area contributed by atoms with Crippen LogP contribution in [-0.4, -0.2) is 0 Å². The summed E-state index contributed by atoms with van der Waals surface area (Å²) in [4.78, 5) is 4.91. The summed E-state index contributed by atoms with van der Waals surface area (Å²) in [5.74, 6) is 0. The second-order valence-corrected chi connectivity index (χ2v) is 22.5. The maximum atomic E-state index is 7.31. The monoisotopic (exact) mass is 1080 g/mol. The van der Waals surface area contributed by atoms with Crippen molar-refractivity contribution in [3.8, 4) is 44.5 Å². The number of rotatable bonds is 8. The first-order chi connectivity index (χ1) is 42.2. The molecule has 0 atom stereocenters. The zero-order chi connectivity index (χ0) is 55.7. The fraction of sp³-hybridized carbons (Fsp3) is 0.0123. The lowest BCUT2D eigenvalue weighted by molar-refractivity contribution is 0.670. The first-order valence-corrected chi connectivity index (χ1v) is 29.2. The smallest absolute Gasteiger partial charge is 0.159 e. The molecule has 14 aromatic carbocycles. The Morgan fingerprint density at radius 2 is 0.541 bits per heavy atom. The molecular formula is C81H50N2O2. The standard InChI is InChI=1S/C81H50N2O2/c1-5-25-51(26-6-1)55-39-21-41-63-65-43-23-47-71(79(65)84-77(55)63)82(53-29-9-3-10-30-53)73-49-69-75(61-37-15-13-35-59(61)73)76-62-38-16-14-36-60(62)74(50-70(76)81(69)67-45-19-17-33-57(67)58-34-18-20-46-68(58)81)83(54-31-11-4-12-32-54)72-48-24-44-66-64-42-22-40-56(78(64)85-80(66)72)52-27-7-2-8-28-52/h1-50H. The molecule has 2 heterocycles. The Balaban J connectivity index is 0.953. The molecule has 4 heteroatoms. The summed E-state index contributed by atoms with van der Waals surface area (Å²) in [6, 6.07) is 111. The molecule has 0 amide bonds. The van der Waals surface area contributed by atoms with Crippen LogP contribution in [0, 0.1) is 0 Å². The second kappa shape index (κ2) is 18.4. The Morgan fingerprint density at radius 1 is 0.224 bits per heavy atom. The SMILES string of the molecule is c1ccc(-c2cccc3c2oc2c(N(c4ccccc4)c4cc5c(c6ccccc46)-c4c(cc(N(c6ccccc6)c6cccc7c6oc6c(-c8ccccc8)cccc67)c6ccccc46)C54c5ccccc5-c5ccccc54)cccc23)cc1. The van der Waals surface area contributed by atoms with E-state index in [0.29, 0.717) is 0 Å². The van der Waals surface area contributed by atoms with Gasteiger partial charge in [-0.15, -0.1) is 0 Å². The van der Waals surface area contributed by atoms with E-state index in [1.165, 1.54) is 55.3 Å². The number of hydrogen-bond donors (Lipinski definition) is 0. The molecular weight excluding hydrogens is 1030 g/mol. The van der Waals surface area contributed by atoms with Crippen LogP contribution < -0.4 is 9.80 Å². The molecule has 0 aliphatic heterocycles. The maximum absolute atomic E-state index is 7.31. The lowest BCUT2D eigenvalue weighted by Gasteiger charge is -2.34. The van der Waals surface area contributed by atoms with E-state index in [2.05, 4.69) is 313 Å². The first-order valence-electron chi connectivity index (χ1n) is 29.2. The van der Waals surface area contributed by atoms with Gasteiger partial charge in [0.2, 0.25) is 0 Å². The molecule has 0 saturated carbocycles. The van der Waals surface area contributed by atoms with Crippen LogP contribution in [0.25, 0.3) is 110 Å². The predicted molar refractivity (Wildman–Crippen MR) is 353 cm³/mol. The Kier molecular flexibility index (Phi) is 10.3. The molecule has 4 nitrogen and oxygen atoms in total. The van der Waals surface area contributed by atoms with Crippen LogP contribution in [0.5, 0.6) is 0 Å². The molecule has 85 heavy (non-hydrogen) atoms. The summed E-state index contributed by atoms with van der Waals surface area (Å²) in [6.45, 7) is 0. The van der Waals surface area contributed by atoms with E-state index < -0.39 is 5.41 Å². The van der Waals surface area contributed by atoms with E-state index in [4.69, 9.17) is 8.83 Å². The molecule has 0 N–H and O–H groups in total. The summed E-state index contributed by atoms with van der Waals surface area (Å²) >= 11 is 0. The molecule has 0 fully saturated rings. The van der Waals surface area contributed by atoms with Crippen molar-refractivity contribution in [1.29, 1.82) is 0 Å². The van der Waals surface area contributed by atoms with Crippen molar-refractivity contribution in [3.05, 3.63) is 326 Å². The summed E-state index contributed by atoms with van der Waals surface area (Å²) in [7, 11) is 0. The Morgan fingerprint density at radius 3 is 0.965 bits per heavy atom. The highest BCUT2D eigenvalue weighted by atomic mass is 16.3. The third-order valence-corrected chi connectivity index (χ3v) is 18.2. The van der Waals surface area contributed by atoms with Gasteiger partial charge < -0.3 is 18.6 Å². The van der Waals surface area contributed by atoms with Gasteiger partial charge >= 0.3 is 0 Å². The third-order valence-electron chi connectivity index (χ3n) is 18.2. The number of para-hydroxylation sites is 6. The summed E-state index contributed by atoms with van der Waals surface area (Å²) in [6.07, 6.45) is 0. The van der Waals surface area contributed by atoms with Crippen LogP contribution in [0.4, 0.5) is 34.1 Å². The van der Waals surface area contributed by atoms with Gasteiger partial charge in [0.15, 0.2) is 11.2 Å². The normalized spacial score (nSPS) is 12.8. The van der Waals surface area contributed by atoms with Crippen molar-refractivity contribution in [2.45, 2.75) is 5.41 Å². The number of furan rings is 2. The third kappa shape index (κ3) is 6.73. The minimum atomic E-state index is -0.772. The number of anilines is 6. The minimum absolute atomic E-state index is 0.772. The fourth-order valence-electron chi connectivity index (χ4n) is 14.8. The minimum Gasteiger partial charge on any atom is -0.453 e. The fourth-order valence-corrected chi connectivity index (χ4v) is 14.8. The molecule has 16 aromatic rings. The van der Waals surface area contributed by atoms with E-state index in [1.807, 2.05) is 0 Å². The molecule has 1 spiro atoms. The number of fused-ring (bicyclic) bond motifs is 20. The van der Waals surface area contributed by atoms with Crippen molar-refractivity contribution in [2.24, 2.45) is 0 Å². The molecule has 0 bridgehead atoms. The topological polar surface area (TPSA) is 32.8 Å². The van der Waals surface area contributed by atoms with Gasteiger partial charge in [-0.3, -0.25) is 0 Å². The lowest BCUT2D eigenvalue weighted by atomic mass is 9.70. The van der Waals surface area contributed by atoms with Crippen molar-refractivity contribution >= 4 is 99.5 Å². The van der Waals surface area contributed by atoms with Gasteiger partial charge in [-0.25, -0.2) is 0 Å². The molecule has 2 aromatic heterocycles. The van der Waals surface area contributed by atoms with Crippen LogP contribution in [0.3, 0.4) is 0 Å². The largest absolute Gasteiger partial charge is 0.453 e. The molecule has 2 aliphatic carbocycles. The average Bonchev–Trinajstić information content (AvgIpc) is 1.64. The number of benzene rings is 14. The van der Waals surface area contributed by atoms with Gasteiger partial charge in [-0.1, -0.05) is 255 Å². The second-order valence-electron chi connectivity index (χ2n) is 22.5. The van der Waals surface area contributed by atoms with Gasteiger partial charge in [0.25, 0.3) is 0 Å². The highest BCUT2D eigenvalue weighted by Crippen LogP contribution is 2.67. The van der Waals surface area contributed by atoms with E-state index >= 15 is 0 Å². The van der Waals surface area contributed by atoms with Crippen LogP contribution in [0.15, 0.2) is 312 Å². The van der Waals surface area contributed by atoms with E-state index in [0.717, 1.165) is 111 Å². The molecule has 0 saturated heterocycles. The predicted octanol–water partition coefficient (Wildman–Crippen LogP) is 22.4. The Labute approximate surface area is 490 Å². The van der Waals surface area contributed by atoms with Crippen LogP contribution in [0.2, 0.25) is 0 Å². The van der Waals surface area contributed by atoms with E-state index in [9.17, 15) is 0 Å². The van der Waals surface area contributed by atoms with Crippen LogP contribution in [0.1, 0.15) is 22.3 Å². The molecule has 2 aliphatic rings. The van der Waals surface area contributed by atoms with Crippen molar-refractivity contribution in [3.63, 3.8) is 0 Å². The Bertz CT molecular complexity index is 5040. The van der Waals surface area contributed by atoms with Gasteiger partial charge in [-0.2, -0.15) is 0 Å². The van der Waals surface area contributed by atoms with Gasteiger partial charge in [0.05, 0.1) is 28.2 Å². The summed E-state index contributed by atoms with van der Waals surface area (Å²) < 4.78 is 14.6. The summed E-state index contributed by atoms with van der Waals surface area (Å²) in [5, 5.41) is 8.93. The van der Waals surface area contributed by atoms with Crippen LogP contribution in [-0.2, 0) is 5.41 Å². The van der Waals surface area contributed by atoms with E-state index in [-0.39, 0.29) is 0 Å². The quantitative estimate of drug-likeness (QED) is 0.152. The van der Waals surface area contributed by atoms with Crippen molar-refractivity contribution in [1.82, 2.24) is 0 Å². The summed E-state index contributed by atoms with van der Waals surface area (Å²) in [5.41, 5.74) is 23.1. The van der Waals surface area contributed by atoms with Crippen molar-refractivity contribution < 1.29 is 8.83 Å². The molecule has 0 radical (unpaired) electrons. The molecule has 396 valence electrons.